The molecule has 2 rings (SSSR count). The Labute approximate surface area is 125 Å². The Hall–Kier alpha value is -2.01. The van der Waals surface area contributed by atoms with Crippen molar-refractivity contribution in [2.45, 2.75) is 33.4 Å². The zero-order valence-corrected chi connectivity index (χ0v) is 12.7. The highest BCUT2D eigenvalue weighted by molar-refractivity contribution is 5.58. The van der Waals surface area contributed by atoms with Crippen molar-refractivity contribution in [3.63, 3.8) is 0 Å². The molecule has 1 aromatic carbocycles. The molecule has 0 aliphatic carbocycles. The molecule has 1 aromatic heterocycles. The van der Waals surface area contributed by atoms with Crippen LogP contribution in [0, 0.1) is 5.82 Å². The first-order chi connectivity index (χ1) is 10.1. The number of halogens is 1. The largest absolute Gasteiger partial charge is 0.325 e. The minimum atomic E-state index is -0.253. The molecular formula is C16H21FN4. The first-order valence-electron chi connectivity index (χ1n) is 7.17. The lowest BCUT2D eigenvalue weighted by Crippen LogP contribution is -2.23. The predicted molar refractivity (Wildman–Crippen MR) is 83.1 cm³/mol. The van der Waals surface area contributed by atoms with Gasteiger partial charge in [-0.2, -0.15) is 0 Å². The first kappa shape index (κ1) is 15.4. The SMILES string of the molecule is CCN(c1cccc(F)c1)c1cnc(CNC(C)C)cn1. The molecule has 0 aliphatic heterocycles. The smallest absolute Gasteiger partial charge is 0.151 e. The molecule has 0 amide bonds. The Morgan fingerprint density at radius 1 is 1.24 bits per heavy atom. The molecular weight excluding hydrogens is 267 g/mol. The van der Waals surface area contributed by atoms with Gasteiger partial charge in [-0.05, 0) is 25.1 Å². The van der Waals surface area contributed by atoms with Gasteiger partial charge in [0.2, 0.25) is 0 Å². The lowest BCUT2D eigenvalue weighted by molar-refractivity contribution is 0.580. The maximum atomic E-state index is 13.3. The van der Waals surface area contributed by atoms with E-state index >= 15 is 0 Å². The monoisotopic (exact) mass is 288 g/mol. The third-order valence-electron chi connectivity index (χ3n) is 3.10. The first-order valence-corrected chi connectivity index (χ1v) is 7.17. The van der Waals surface area contributed by atoms with Gasteiger partial charge >= 0.3 is 0 Å². The number of anilines is 2. The topological polar surface area (TPSA) is 41.1 Å². The minimum Gasteiger partial charge on any atom is -0.325 e. The molecule has 2 aromatic rings. The second-order valence-corrected chi connectivity index (χ2v) is 5.13. The molecule has 0 saturated carbocycles. The van der Waals surface area contributed by atoms with Crippen molar-refractivity contribution in [1.82, 2.24) is 15.3 Å². The quantitative estimate of drug-likeness (QED) is 0.885. The molecule has 0 bridgehead atoms. The number of hydrogen-bond donors (Lipinski definition) is 1. The lowest BCUT2D eigenvalue weighted by Gasteiger charge is -2.21. The lowest BCUT2D eigenvalue weighted by atomic mass is 10.2. The van der Waals surface area contributed by atoms with Crippen molar-refractivity contribution < 1.29 is 4.39 Å². The summed E-state index contributed by atoms with van der Waals surface area (Å²) in [7, 11) is 0. The summed E-state index contributed by atoms with van der Waals surface area (Å²) in [5.74, 6) is 0.466. The summed E-state index contributed by atoms with van der Waals surface area (Å²) in [5, 5.41) is 3.30. The van der Waals surface area contributed by atoms with Gasteiger partial charge in [0.1, 0.15) is 5.82 Å². The van der Waals surface area contributed by atoms with Gasteiger partial charge in [0.05, 0.1) is 18.1 Å². The number of nitrogens with zero attached hydrogens (tertiary/aromatic N) is 3. The van der Waals surface area contributed by atoms with Crippen molar-refractivity contribution in [3.05, 3.63) is 48.2 Å². The van der Waals surface area contributed by atoms with Crippen molar-refractivity contribution in [2.24, 2.45) is 0 Å². The molecule has 21 heavy (non-hydrogen) atoms. The zero-order chi connectivity index (χ0) is 15.2. The fourth-order valence-corrected chi connectivity index (χ4v) is 2.01. The van der Waals surface area contributed by atoms with E-state index in [-0.39, 0.29) is 5.82 Å². The summed E-state index contributed by atoms with van der Waals surface area (Å²) in [6.07, 6.45) is 3.48. The fraction of sp³-hybridized carbons (Fsp3) is 0.375. The molecule has 0 fully saturated rings. The Bertz CT molecular complexity index is 569. The van der Waals surface area contributed by atoms with Crippen LogP contribution in [0.5, 0.6) is 0 Å². The Kier molecular flexibility index (Phi) is 5.22. The molecule has 5 heteroatoms. The maximum Gasteiger partial charge on any atom is 0.151 e. The van der Waals surface area contributed by atoms with Crippen molar-refractivity contribution in [3.8, 4) is 0 Å². The minimum absolute atomic E-state index is 0.253. The molecule has 0 spiro atoms. The van der Waals surface area contributed by atoms with E-state index in [2.05, 4.69) is 29.1 Å². The van der Waals surface area contributed by atoms with Crippen LogP contribution in [-0.2, 0) is 6.54 Å². The van der Waals surface area contributed by atoms with Crippen LogP contribution in [0.15, 0.2) is 36.7 Å². The van der Waals surface area contributed by atoms with E-state index in [4.69, 9.17) is 0 Å². The van der Waals surface area contributed by atoms with Crippen LogP contribution in [0.25, 0.3) is 0 Å². The fourth-order valence-electron chi connectivity index (χ4n) is 2.01. The summed E-state index contributed by atoms with van der Waals surface area (Å²) in [4.78, 5) is 10.8. The van der Waals surface area contributed by atoms with Crippen LogP contribution in [0.3, 0.4) is 0 Å². The maximum absolute atomic E-state index is 13.3. The van der Waals surface area contributed by atoms with Gasteiger partial charge in [0, 0.05) is 24.8 Å². The van der Waals surface area contributed by atoms with Crippen molar-refractivity contribution in [1.29, 1.82) is 0 Å². The summed E-state index contributed by atoms with van der Waals surface area (Å²) in [6, 6.07) is 6.90. The van der Waals surface area contributed by atoms with E-state index in [9.17, 15) is 4.39 Å². The highest BCUT2D eigenvalue weighted by Crippen LogP contribution is 2.23. The van der Waals surface area contributed by atoms with Gasteiger partial charge in [-0.3, -0.25) is 4.98 Å². The Morgan fingerprint density at radius 2 is 2.05 bits per heavy atom. The highest BCUT2D eigenvalue weighted by Gasteiger charge is 2.10. The van der Waals surface area contributed by atoms with E-state index in [1.54, 1.807) is 18.5 Å². The molecule has 0 radical (unpaired) electrons. The van der Waals surface area contributed by atoms with Gasteiger partial charge in [0.15, 0.2) is 5.82 Å². The number of rotatable bonds is 6. The number of aromatic nitrogens is 2. The van der Waals surface area contributed by atoms with Gasteiger partial charge < -0.3 is 10.2 Å². The van der Waals surface area contributed by atoms with Crippen LogP contribution >= 0.6 is 0 Å². The van der Waals surface area contributed by atoms with Gasteiger partial charge in [-0.15, -0.1) is 0 Å². The van der Waals surface area contributed by atoms with E-state index in [0.29, 0.717) is 19.1 Å². The van der Waals surface area contributed by atoms with Crippen LogP contribution in [0.1, 0.15) is 26.5 Å². The van der Waals surface area contributed by atoms with Gasteiger partial charge in [-0.25, -0.2) is 9.37 Å². The molecule has 0 saturated heterocycles. The zero-order valence-electron chi connectivity index (χ0n) is 12.7. The van der Waals surface area contributed by atoms with Crippen LogP contribution < -0.4 is 10.2 Å². The molecule has 0 aliphatic rings. The molecule has 0 unspecified atom stereocenters. The number of benzene rings is 1. The average Bonchev–Trinajstić information content (AvgIpc) is 2.47. The number of nitrogens with one attached hydrogen (secondary N) is 1. The number of hydrogen-bond acceptors (Lipinski definition) is 4. The standard InChI is InChI=1S/C16H21FN4/c1-4-21(15-7-5-6-13(17)8-15)16-11-19-14(10-20-16)9-18-12(2)3/h5-8,10-12,18H,4,9H2,1-3H3. The van der Waals surface area contributed by atoms with E-state index in [0.717, 1.165) is 17.2 Å². The molecule has 1 N–H and O–H groups in total. The van der Waals surface area contributed by atoms with Crippen LogP contribution in [-0.4, -0.2) is 22.6 Å². The summed E-state index contributed by atoms with van der Waals surface area (Å²) < 4.78 is 13.3. The average molecular weight is 288 g/mol. The van der Waals surface area contributed by atoms with Crippen molar-refractivity contribution >= 4 is 11.5 Å². The van der Waals surface area contributed by atoms with E-state index in [1.807, 2.05) is 17.9 Å². The molecule has 0 atom stereocenters. The summed E-state index contributed by atoms with van der Waals surface area (Å²) >= 11 is 0. The normalized spacial score (nSPS) is 10.9. The molecule has 1 heterocycles. The Balaban J connectivity index is 2.15. The van der Waals surface area contributed by atoms with Crippen LogP contribution in [0.2, 0.25) is 0 Å². The van der Waals surface area contributed by atoms with E-state index in [1.165, 1.54) is 12.1 Å². The third-order valence-corrected chi connectivity index (χ3v) is 3.10. The van der Waals surface area contributed by atoms with E-state index < -0.39 is 0 Å². The summed E-state index contributed by atoms with van der Waals surface area (Å²) in [5.41, 5.74) is 1.67. The Morgan fingerprint density at radius 3 is 2.62 bits per heavy atom. The summed E-state index contributed by atoms with van der Waals surface area (Å²) in [6.45, 7) is 7.56. The van der Waals surface area contributed by atoms with Crippen molar-refractivity contribution in [2.75, 3.05) is 11.4 Å². The molecule has 112 valence electrons. The third kappa shape index (κ3) is 4.23. The van der Waals surface area contributed by atoms with Gasteiger partial charge in [-0.1, -0.05) is 19.9 Å². The van der Waals surface area contributed by atoms with Crippen LogP contribution in [0.4, 0.5) is 15.9 Å². The second-order valence-electron chi connectivity index (χ2n) is 5.13. The second kappa shape index (κ2) is 7.13. The van der Waals surface area contributed by atoms with Gasteiger partial charge in [0.25, 0.3) is 0 Å². The predicted octanol–water partition coefficient (Wildman–Crippen LogP) is 3.27. The molecule has 4 nitrogen and oxygen atoms in total. The highest BCUT2D eigenvalue weighted by atomic mass is 19.1.